The first-order chi connectivity index (χ1) is 9.37. The number of sulfonamides is 1. The van der Waals surface area contributed by atoms with E-state index in [1.54, 1.807) is 0 Å². The zero-order chi connectivity index (χ0) is 15.2. The minimum Gasteiger partial charge on any atom is -0.494 e. The summed E-state index contributed by atoms with van der Waals surface area (Å²) in [6, 6.07) is 5.62. The molecule has 0 aliphatic heterocycles. The number of alkyl halides is 3. The van der Waals surface area contributed by atoms with Gasteiger partial charge in [0.25, 0.3) is 6.43 Å². The summed E-state index contributed by atoms with van der Waals surface area (Å²) >= 11 is 5.50. The van der Waals surface area contributed by atoms with Crippen LogP contribution in [0, 0.1) is 0 Å². The Morgan fingerprint density at radius 2 is 1.90 bits per heavy atom. The predicted octanol–water partition coefficient (Wildman–Crippen LogP) is 2.58. The number of hydrogen-bond donors (Lipinski definition) is 0. The van der Waals surface area contributed by atoms with Crippen molar-refractivity contribution in [3.8, 4) is 5.75 Å². The third-order valence-corrected chi connectivity index (χ3v) is 4.58. The van der Waals surface area contributed by atoms with Gasteiger partial charge < -0.3 is 4.74 Å². The number of hydrogen-bond acceptors (Lipinski definition) is 3. The first-order valence-electron chi connectivity index (χ1n) is 5.91. The number of ether oxygens (including phenoxy) is 1. The fourth-order valence-electron chi connectivity index (χ4n) is 1.42. The second-order valence-electron chi connectivity index (χ2n) is 4.04. The van der Waals surface area contributed by atoms with Gasteiger partial charge in [-0.15, -0.1) is 11.6 Å². The SMILES string of the molecule is CN(CC(F)F)S(=O)(=O)c1ccc(OCCCCl)cc1. The third-order valence-electron chi connectivity index (χ3n) is 2.47. The Labute approximate surface area is 122 Å². The van der Waals surface area contributed by atoms with Gasteiger partial charge in [0.05, 0.1) is 18.0 Å². The fraction of sp³-hybridized carbons (Fsp3) is 0.500. The maximum atomic E-state index is 12.2. The van der Waals surface area contributed by atoms with E-state index in [9.17, 15) is 17.2 Å². The first kappa shape index (κ1) is 17.1. The van der Waals surface area contributed by atoms with Gasteiger partial charge in [-0.05, 0) is 30.7 Å². The molecule has 8 heteroatoms. The lowest BCUT2D eigenvalue weighted by Gasteiger charge is -2.16. The molecule has 0 saturated carbocycles. The second kappa shape index (κ2) is 7.75. The highest BCUT2D eigenvalue weighted by Gasteiger charge is 2.23. The molecule has 0 aromatic heterocycles. The summed E-state index contributed by atoms with van der Waals surface area (Å²) in [5.41, 5.74) is 0. The van der Waals surface area contributed by atoms with Crippen LogP contribution in [-0.2, 0) is 10.0 Å². The van der Waals surface area contributed by atoms with Crippen molar-refractivity contribution in [1.82, 2.24) is 4.31 Å². The quantitative estimate of drug-likeness (QED) is 0.544. The number of rotatable bonds is 8. The van der Waals surface area contributed by atoms with Crippen LogP contribution >= 0.6 is 11.6 Å². The van der Waals surface area contributed by atoms with Crippen LogP contribution < -0.4 is 4.74 Å². The molecule has 1 rings (SSSR count). The monoisotopic (exact) mass is 327 g/mol. The largest absolute Gasteiger partial charge is 0.494 e. The van der Waals surface area contributed by atoms with Gasteiger partial charge in [-0.3, -0.25) is 0 Å². The Balaban J connectivity index is 2.76. The van der Waals surface area contributed by atoms with E-state index in [0.29, 0.717) is 29.0 Å². The van der Waals surface area contributed by atoms with Gasteiger partial charge in [-0.1, -0.05) is 0 Å². The molecular weight excluding hydrogens is 312 g/mol. The van der Waals surface area contributed by atoms with Crippen molar-refractivity contribution in [2.45, 2.75) is 17.7 Å². The van der Waals surface area contributed by atoms with E-state index in [2.05, 4.69) is 0 Å². The van der Waals surface area contributed by atoms with Gasteiger partial charge in [0.2, 0.25) is 10.0 Å². The summed E-state index contributed by atoms with van der Waals surface area (Å²) in [7, 11) is -2.78. The second-order valence-corrected chi connectivity index (χ2v) is 6.46. The lowest BCUT2D eigenvalue weighted by Crippen LogP contribution is -2.31. The summed E-state index contributed by atoms with van der Waals surface area (Å²) in [5, 5.41) is 0. The smallest absolute Gasteiger partial charge is 0.252 e. The van der Waals surface area contributed by atoms with E-state index < -0.39 is 23.0 Å². The van der Waals surface area contributed by atoms with Crippen molar-refractivity contribution in [3.63, 3.8) is 0 Å². The molecule has 20 heavy (non-hydrogen) atoms. The Kier molecular flexibility index (Phi) is 6.64. The fourth-order valence-corrected chi connectivity index (χ4v) is 2.68. The molecular formula is C12H16ClF2NO3S. The van der Waals surface area contributed by atoms with Gasteiger partial charge >= 0.3 is 0 Å². The zero-order valence-electron chi connectivity index (χ0n) is 10.9. The van der Waals surface area contributed by atoms with Crippen LogP contribution in [0.2, 0.25) is 0 Å². The van der Waals surface area contributed by atoms with Gasteiger partial charge in [-0.2, -0.15) is 4.31 Å². The first-order valence-corrected chi connectivity index (χ1v) is 7.88. The lowest BCUT2D eigenvalue weighted by atomic mass is 10.3. The Morgan fingerprint density at radius 1 is 1.30 bits per heavy atom. The molecule has 0 N–H and O–H groups in total. The molecule has 0 amide bonds. The summed E-state index contributed by atoms with van der Waals surface area (Å²) < 4.78 is 54.4. The molecule has 1 aromatic rings. The summed E-state index contributed by atoms with van der Waals surface area (Å²) in [4.78, 5) is -0.0506. The van der Waals surface area contributed by atoms with Crippen molar-refractivity contribution in [1.29, 1.82) is 0 Å². The van der Waals surface area contributed by atoms with Crippen LogP contribution in [0.5, 0.6) is 5.75 Å². The average molecular weight is 328 g/mol. The molecule has 0 radical (unpaired) electrons. The maximum absolute atomic E-state index is 12.2. The van der Waals surface area contributed by atoms with E-state index in [-0.39, 0.29) is 4.90 Å². The molecule has 0 aliphatic carbocycles. The minimum atomic E-state index is -3.90. The Hall–Kier alpha value is -0.920. The molecule has 0 spiro atoms. The summed E-state index contributed by atoms with van der Waals surface area (Å²) in [6.07, 6.45) is -2.04. The molecule has 4 nitrogen and oxygen atoms in total. The molecule has 0 aliphatic rings. The molecule has 0 unspecified atom stereocenters. The van der Waals surface area contributed by atoms with Gasteiger partial charge in [-0.25, -0.2) is 17.2 Å². The highest BCUT2D eigenvalue weighted by molar-refractivity contribution is 7.89. The van der Waals surface area contributed by atoms with Crippen molar-refractivity contribution < 1.29 is 21.9 Å². The molecule has 0 bridgehead atoms. The van der Waals surface area contributed by atoms with E-state index in [4.69, 9.17) is 16.3 Å². The highest BCUT2D eigenvalue weighted by Crippen LogP contribution is 2.19. The van der Waals surface area contributed by atoms with Crippen molar-refractivity contribution >= 4 is 21.6 Å². The van der Waals surface area contributed by atoms with Crippen LogP contribution in [0.1, 0.15) is 6.42 Å². The number of halogens is 3. The Bertz CT molecular complexity index is 508. The third kappa shape index (κ3) is 4.88. The van der Waals surface area contributed by atoms with E-state index in [1.165, 1.54) is 24.3 Å². The standard InChI is InChI=1S/C12H16ClF2NO3S/c1-16(9-12(14)15)20(17,18)11-5-3-10(4-6-11)19-8-2-7-13/h3-6,12H,2,7-9H2,1H3. The molecule has 114 valence electrons. The van der Waals surface area contributed by atoms with Crippen molar-refractivity contribution in [2.75, 3.05) is 26.1 Å². The number of nitrogens with zero attached hydrogens (tertiary/aromatic N) is 1. The Morgan fingerprint density at radius 3 is 2.40 bits per heavy atom. The van der Waals surface area contributed by atoms with Gasteiger partial charge in [0.1, 0.15) is 5.75 Å². The topological polar surface area (TPSA) is 46.6 Å². The summed E-state index contributed by atoms with van der Waals surface area (Å²) in [6.45, 7) is -0.406. The zero-order valence-corrected chi connectivity index (χ0v) is 12.5. The van der Waals surface area contributed by atoms with E-state index in [0.717, 1.165) is 7.05 Å². The van der Waals surface area contributed by atoms with Crippen molar-refractivity contribution in [3.05, 3.63) is 24.3 Å². The highest BCUT2D eigenvalue weighted by atomic mass is 35.5. The van der Waals surface area contributed by atoms with Crippen LogP contribution in [0.3, 0.4) is 0 Å². The molecule has 0 fully saturated rings. The van der Waals surface area contributed by atoms with Gasteiger partial charge in [0, 0.05) is 12.9 Å². The van der Waals surface area contributed by atoms with E-state index in [1.807, 2.05) is 0 Å². The molecule has 0 saturated heterocycles. The maximum Gasteiger partial charge on any atom is 0.252 e. The van der Waals surface area contributed by atoms with Gasteiger partial charge in [0.15, 0.2) is 0 Å². The molecule has 0 atom stereocenters. The molecule has 1 aromatic carbocycles. The van der Waals surface area contributed by atoms with Crippen molar-refractivity contribution in [2.24, 2.45) is 0 Å². The minimum absolute atomic E-state index is 0.0506. The van der Waals surface area contributed by atoms with Crippen LogP contribution in [0.25, 0.3) is 0 Å². The predicted molar refractivity (Wildman–Crippen MR) is 73.1 cm³/mol. The average Bonchev–Trinajstić information content (AvgIpc) is 2.39. The summed E-state index contributed by atoms with van der Waals surface area (Å²) in [5.74, 6) is 0.982. The van der Waals surface area contributed by atoms with Crippen LogP contribution in [-0.4, -0.2) is 45.2 Å². The normalized spacial score (nSPS) is 12.1. The number of benzene rings is 1. The van der Waals surface area contributed by atoms with Crippen LogP contribution in [0.15, 0.2) is 29.2 Å². The van der Waals surface area contributed by atoms with E-state index >= 15 is 0 Å². The van der Waals surface area contributed by atoms with Crippen LogP contribution in [0.4, 0.5) is 8.78 Å². The lowest BCUT2D eigenvalue weighted by molar-refractivity contribution is 0.126. The molecule has 0 heterocycles.